The molecule has 0 spiro atoms. The molecule has 0 aliphatic carbocycles. The van der Waals surface area contributed by atoms with Gasteiger partial charge in [0.1, 0.15) is 5.76 Å². The van der Waals surface area contributed by atoms with Crippen molar-refractivity contribution in [3.63, 3.8) is 0 Å². The molecule has 1 amide bonds. The summed E-state index contributed by atoms with van der Waals surface area (Å²) < 4.78 is 5.30. The average molecular weight is 410 g/mol. The fraction of sp³-hybridized carbons (Fsp3) is 0.391. The third kappa shape index (κ3) is 4.28. The minimum absolute atomic E-state index is 0.137. The van der Waals surface area contributed by atoms with Crippen LogP contribution in [0.3, 0.4) is 0 Å². The molecule has 0 radical (unpaired) electrons. The van der Waals surface area contributed by atoms with E-state index in [9.17, 15) is 4.79 Å². The summed E-state index contributed by atoms with van der Waals surface area (Å²) in [5, 5.41) is 6.11. The lowest BCUT2D eigenvalue weighted by molar-refractivity contribution is 0.0795. The van der Waals surface area contributed by atoms with Crippen LogP contribution in [-0.2, 0) is 25.9 Å². The molecule has 4 rings (SSSR count). The number of carbonyl (C=O) groups is 1. The molecule has 1 aliphatic rings. The van der Waals surface area contributed by atoms with E-state index in [2.05, 4.69) is 22.2 Å². The van der Waals surface area contributed by atoms with Crippen LogP contribution in [0, 0.1) is 13.8 Å². The van der Waals surface area contributed by atoms with Gasteiger partial charge in [-0.2, -0.15) is 0 Å². The Morgan fingerprint density at radius 3 is 2.79 bits per heavy atom. The van der Waals surface area contributed by atoms with Crippen molar-refractivity contribution >= 4 is 17.2 Å². The molecule has 2 aromatic heterocycles. The van der Waals surface area contributed by atoms with Crippen LogP contribution >= 0.6 is 11.3 Å². The molecule has 0 saturated carbocycles. The number of thiophene rings is 1. The van der Waals surface area contributed by atoms with Crippen molar-refractivity contribution in [2.45, 2.75) is 39.8 Å². The molecule has 5 nitrogen and oxygen atoms in total. The summed E-state index contributed by atoms with van der Waals surface area (Å²) in [6, 6.07) is 10.3. The standard InChI is InChI=1S/C23H27N3O2S/c1-16-20(17(2)28-24-16)13-26-12-10-19-21(15-29-22(19)14-26)23(27)25(3)11-9-18-7-5-4-6-8-18/h4-8,15H,9-14H2,1-3H3. The molecule has 0 N–H and O–H groups in total. The number of hydrogen-bond donors (Lipinski definition) is 0. The van der Waals surface area contributed by atoms with Crippen LogP contribution in [0.15, 0.2) is 40.2 Å². The van der Waals surface area contributed by atoms with Gasteiger partial charge < -0.3 is 9.42 Å². The van der Waals surface area contributed by atoms with E-state index < -0.39 is 0 Å². The monoisotopic (exact) mass is 409 g/mol. The summed E-state index contributed by atoms with van der Waals surface area (Å²) in [5.41, 5.74) is 5.53. The lowest BCUT2D eigenvalue weighted by Gasteiger charge is -2.27. The molecule has 0 fully saturated rings. The molecule has 152 valence electrons. The maximum atomic E-state index is 13.0. The van der Waals surface area contributed by atoms with E-state index in [-0.39, 0.29) is 5.91 Å². The van der Waals surface area contributed by atoms with Gasteiger partial charge in [0.2, 0.25) is 0 Å². The number of benzene rings is 1. The van der Waals surface area contributed by atoms with Crippen molar-refractivity contribution in [2.75, 3.05) is 20.1 Å². The molecule has 0 saturated heterocycles. The van der Waals surface area contributed by atoms with E-state index in [1.54, 1.807) is 11.3 Å². The Hall–Kier alpha value is -2.44. The number of aromatic nitrogens is 1. The fourth-order valence-electron chi connectivity index (χ4n) is 3.90. The highest BCUT2D eigenvalue weighted by Crippen LogP contribution is 2.30. The SMILES string of the molecule is Cc1noc(C)c1CN1CCc2c(C(=O)N(C)CCc3ccccc3)csc2C1. The van der Waals surface area contributed by atoms with Crippen molar-refractivity contribution in [1.82, 2.24) is 15.0 Å². The summed E-state index contributed by atoms with van der Waals surface area (Å²) in [5.74, 6) is 1.04. The number of carbonyl (C=O) groups excluding carboxylic acids is 1. The number of aryl methyl sites for hydroxylation is 2. The molecule has 1 aromatic carbocycles. The molecule has 1 aliphatic heterocycles. The summed E-state index contributed by atoms with van der Waals surface area (Å²) in [4.78, 5) is 18.6. The van der Waals surface area contributed by atoms with Gasteiger partial charge in [0.15, 0.2) is 0 Å². The summed E-state index contributed by atoms with van der Waals surface area (Å²) >= 11 is 1.71. The van der Waals surface area contributed by atoms with E-state index in [1.807, 2.05) is 49.4 Å². The number of likely N-dealkylation sites (N-methyl/N-ethyl adjacent to an activating group) is 1. The zero-order chi connectivity index (χ0) is 20.4. The molecular formula is C23H27N3O2S. The molecule has 6 heteroatoms. The lowest BCUT2D eigenvalue weighted by Crippen LogP contribution is -2.32. The first-order chi connectivity index (χ1) is 14.0. The largest absolute Gasteiger partial charge is 0.361 e. The van der Waals surface area contributed by atoms with Gasteiger partial charge in [0.05, 0.1) is 11.3 Å². The average Bonchev–Trinajstić information content (AvgIpc) is 3.30. The van der Waals surface area contributed by atoms with E-state index >= 15 is 0 Å². The number of hydrogen-bond acceptors (Lipinski definition) is 5. The zero-order valence-electron chi connectivity index (χ0n) is 17.3. The highest BCUT2D eigenvalue weighted by molar-refractivity contribution is 7.10. The summed E-state index contributed by atoms with van der Waals surface area (Å²) in [6.07, 6.45) is 1.79. The number of amides is 1. The van der Waals surface area contributed by atoms with Crippen LogP contribution in [-0.4, -0.2) is 41.0 Å². The second-order valence-corrected chi connectivity index (χ2v) is 8.74. The van der Waals surface area contributed by atoms with E-state index in [0.717, 1.165) is 56.0 Å². The van der Waals surface area contributed by atoms with Crippen LogP contribution in [0.25, 0.3) is 0 Å². The topological polar surface area (TPSA) is 49.6 Å². The first-order valence-electron chi connectivity index (χ1n) is 10.1. The molecule has 3 heterocycles. The minimum Gasteiger partial charge on any atom is -0.361 e. The molecule has 0 unspecified atom stereocenters. The van der Waals surface area contributed by atoms with Crippen molar-refractivity contribution in [3.8, 4) is 0 Å². The van der Waals surface area contributed by atoms with E-state index in [4.69, 9.17) is 4.52 Å². The Morgan fingerprint density at radius 1 is 1.28 bits per heavy atom. The predicted molar refractivity (Wildman–Crippen MR) is 115 cm³/mol. The first kappa shape index (κ1) is 19.9. The zero-order valence-corrected chi connectivity index (χ0v) is 18.1. The number of nitrogens with zero attached hydrogens (tertiary/aromatic N) is 3. The highest BCUT2D eigenvalue weighted by atomic mass is 32.1. The Labute approximate surface area is 175 Å². The van der Waals surface area contributed by atoms with Crippen LogP contribution in [0.4, 0.5) is 0 Å². The van der Waals surface area contributed by atoms with Gasteiger partial charge in [0.25, 0.3) is 5.91 Å². The lowest BCUT2D eigenvalue weighted by atomic mass is 10.0. The number of rotatable bonds is 6. The maximum Gasteiger partial charge on any atom is 0.254 e. The van der Waals surface area contributed by atoms with E-state index in [0.29, 0.717) is 0 Å². The normalized spacial score (nSPS) is 14.0. The molecule has 3 aromatic rings. The summed E-state index contributed by atoms with van der Waals surface area (Å²) in [6.45, 7) is 7.36. The van der Waals surface area contributed by atoms with Crippen molar-refractivity contribution in [3.05, 3.63) is 74.3 Å². The minimum atomic E-state index is 0.137. The van der Waals surface area contributed by atoms with Crippen molar-refractivity contribution < 1.29 is 9.32 Å². The Morgan fingerprint density at radius 2 is 2.07 bits per heavy atom. The number of fused-ring (bicyclic) bond motifs is 1. The second-order valence-electron chi connectivity index (χ2n) is 7.78. The smallest absolute Gasteiger partial charge is 0.254 e. The molecular weight excluding hydrogens is 382 g/mol. The van der Waals surface area contributed by atoms with Gasteiger partial charge in [-0.25, -0.2) is 0 Å². The van der Waals surface area contributed by atoms with Gasteiger partial charge in [-0.3, -0.25) is 9.69 Å². The highest BCUT2D eigenvalue weighted by Gasteiger charge is 2.26. The molecule has 29 heavy (non-hydrogen) atoms. The van der Waals surface area contributed by atoms with Crippen LogP contribution in [0.5, 0.6) is 0 Å². The van der Waals surface area contributed by atoms with Crippen LogP contribution in [0.1, 0.15) is 43.4 Å². The third-order valence-corrected chi connectivity index (χ3v) is 6.76. The Balaban J connectivity index is 1.40. The Kier molecular flexibility index (Phi) is 5.83. The quantitative estimate of drug-likeness (QED) is 0.611. The Bertz CT molecular complexity index is 973. The third-order valence-electron chi connectivity index (χ3n) is 5.74. The maximum absolute atomic E-state index is 13.0. The van der Waals surface area contributed by atoms with Crippen LogP contribution in [0.2, 0.25) is 0 Å². The molecule has 0 bridgehead atoms. The van der Waals surface area contributed by atoms with Crippen molar-refractivity contribution in [2.24, 2.45) is 0 Å². The van der Waals surface area contributed by atoms with E-state index in [1.165, 1.54) is 21.6 Å². The first-order valence-corrected chi connectivity index (χ1v) is 10.9. The molecule has 0 atom stereocenters. The van der Waals surface area contributed by atoms with Gasteiger partial charge in [0, 0.05) is 49.0 Å². The summed E-state index contributed by atoms with van der Waals surface area (Å²) in [7, 11) is 1.90. The van der Waals surface area contributed by atoms with Gasteiger partial charge in [-0.15, -0.1) is 11.3 Å². The second kappa shape index (κ2) is 8.51. The predicted octanol–water partition coefficient (Wildman–Crippen LogP) is 4.23. The van der Waals surface area contributed by atoms with Gasteiger partial charge in [-0.1, -0.05) is 35.5 Å². The van der Waals surface area contributed by atoms with Crippen molar-refractivity contribution in [1.29, 1.82) is 0 Å². The van der Waals surface area contributed by atoms with Gasteiger partial charge >= 0.3 is 0 Å². The van der Waals surface area contributed by atoms with Crippen LogP contribution < -0.4 is 0 Å². The fourth-order valence-corrected chi connectivity index (χ4v) is 5.01. The van der Waals surface area contributed by atoms with Gasteiger partial charge in [-0.05, 0) is 37.8 Å².